The van der Waals surface area contributed by atoms with Gasteiger partial charge in [-0.25, -0.2) is 0 Å². The molecule has 19 heavy (non-hydrogen) atoms. The fourth-order valence-corrected chi connectivity index (χ4v) is 2.42. The van der Waals surface area contributed by atoms with E-state index < -0.39 is 6.10 Å². The summed E-state index contributed by atoms with van der Waals surface area (Å²) in [5.41, 5.74) is 0.689. The molecule has 102 valence electrons. The van der Waals surface area contributed by atoms with Crippen molar-refractivity contribution in [3.63, 3.8) is 0 Å². The lowest BCUT2D eigenvalue weighted by Gasteiger charge is -2.14. The Balaban J connectivity index is 1.93. The highest BCUT2D eigenvalue weighted by Crippen LogP contribution is 2.35. The van der Waals surface area contributed by atoms with Crippen molar-refractivity contribution in [2.24, 2.45) is 0 Å². The molecule has 0 amide bonds. The molecule has 1 aromatic carbocycles. The van der Waals surface area contributed by atoms with Crippen molar-refractivity contribution in [2.45, 2.75) is 12.6 Å². The van der Waals surface area contributed by atoms with E-state index in [0.717, 1.165) is 4.47 Å². The normalized spacial score (nSPS) is 12.4. The van der Waals surface area contributed by atoms with Crippen LogP contribution in [0.5, 0.6) is 0 Å². The Bertz CT molecular complexity index is 548. The highest BCUT2D eigenvalue weighted by molar-refractivity contribution is 9.10. The molecule has 4 nitrogen and oxygen atoms in total. The smallest absolute Gasteiger partial charge is 0.0907 e. The fourth-order valence-electron chi connectivity index (χ4n) is 1.58. The maximum atomic E-state index is 9.89. The highest BCUT2D eigenvalue weighted by Gasteiger charge is 2.10. The van der Waals surface area contributed by atoms with E-state index in [-0.39, 0.29) is 0 Å². The number of nitrogens with zero attached hydrogens (tertiary/aromatic N) is 2. The summed E-state index contributed by atoms with van der Waals surface area (Å²) in [6.45, 7) is 0.777. The number of rotatable bonds is 5. The lowest BCUT2D eigenvalue weighted by Crippen LogP contribution is -2.25. The molecule has 0 radical (unpaired) electrons. The van der Waals surface area contributed by atoms with Crippen LogP contribution >= 0.6 is 39.1 Å². The Labute approximate surface area is 129 Å². The Morgan fingerprint density at radius 3 is 2.84 bits per heavy atom. The average Bonchev–Trinajstić information content (AvgIpc) is 2.88. The predicted octanol–water partition coefficient (Wildman–Crippen LogP) is 3.43. The van der Waals surface area contributed by atoms with Crippen LogP contribution in [0, 0.1) is 0 Å². The van der Waals surface area contributed by atoms with Gasteiger partial charge in [-0.2, -0.15) is 5.10 Å². The topological polar surface area (TPSA) is 50.1 Å². The number of aromatic nitrogens is 2. The summed E-state index contributed by atoms with van der Waals surface area (Å²) in [5, 5.41) is 17.9. The van der Waals surface area contributed by atoms with Crippen molar-refractivity contribution in [1.29, 1.82) is 0 Å². The number of benzene rings is 1. The number of hydrogen-bond acceptors (Lipinski definition) is 3. The summed E-state index contributed by atoms with van der Waals surface area (Å²) in [6, 6.07) is 5.42. The van der Waals surface area contributed by atoms with Crippen LogP contribution in [0.15, 0.2) is 35.1 Å². The molecule has 2 rings (SSSR count). The molecule has 0 fully saturated rings. The molecule has 0 spiro atoms. The molecule has 1 aromatic heterocycles. The van der Waals surface area contributed by atoms with Crippen LogP contribution in [-0.4, -0.2) is 27.5 Å². The SMILES string of the molecule is OC(CNc1ccc(Br)c(Cl)c1Cl)Cn1cccn1. The van der Waals surface area contributed by atoms with E-state index in [1.165, 1.54) is 0 Å². The second-order valence-corrected chi connectivity index (χ2v) is 5.60. The standard InChI is InChI=1S/C12H12BrCl2N3O/c13-9-2-3-10(12(15)11(9)14)16-6-8(19)7-18-5-1-4-17-18/h1-5,8,16,19H,6-7H2. The molecule has 0 aliphatic heterocycles. The van der Waals surface area contributed by atoms with E-state index in [1.807, 2.05) is 6.07 Å². The summed E-state index contributed by atoms with van der Waals surface area (Å²) in [4.78, 5) is 0. The molecule has 1 unspecified atom stereocenters. The highest BCUT2D eigenvalue weighted by atomic mass is 79.9. The van der Waals surface area contributed by atoms with Gasteiger partial charge in [-0.1, -0.05) is 23.2 Å². The summed E-state index contributed by atoms with van der Waals surface area (Å²) >= 11 is 15.4. The monoisotopic (exact) mass is 363 g/mol. The van der Waals surface area contributed by atoms with Gasteiger partial charge in [0.2, 0.25) is 0 Å². The van der Waals surface area contributed by atoms with Gasteiger partial charge in [0, 0.05) is 23.4 Å². The van der Waals surface area contributed by atoms with Gasteiger partial charge in [0.05, 0.1) is 28.4 Å². The second-order valence-electron chi connectivity index (χ2n) is 3.99. The van der Waals surface area contributed by atoms with Crippen molar-refractivity contribution in [2.75, 3.05) is 11.9 Å². The summed E-state index contributed by atoms with van der Waals surface area (Å²) in [6.07, 6.45) is 2.90. The van der Waals surface area contributed by atoms with E-state index in [1.54, 1.807) is 29.2 Å². The van der Waals surface area contributed by atoms with Crippen LogP contribution < -0.4 is 5.32 Å². The largest absolute Gasteiger partial charge is 0.389 e. The molecule has 1 heterocycles. The molecule has 0 aliphatic carbocycles. The third-order valence-electron chi connectivity index (χ3n) is 2.52. The Hall–Kier alpha value is -0.750. The summed E-state index contributed by atoms with van der Waals surface area (Å²) < 4.78 is 2.41. The van der Waals surface area contributed by atoms with Crippen LogP contribution in [0.1, 0.15) is 0 Å². The molecule has 2 aromatic rings. The maximum Gasteiger partial charge on any atom is 0.0907 e. The molecule has 0 aliphatic rings. The number of aliphatic hydroxyl groups excluding tert-OH is 1. The first-order valence-corrected chi connectivity index (χ1v) is 7.15. The second kappa shape index (κ2) is 6.61. The number of nitrogens with one attached hydrogen (secondary N) is 1. The van der Waals surface area contributed by atoms with E-state index in [4.69, 9.17) is 23.2 Å². The molecule has 1 atom stereocenters. The molecule has 2 N–H and O–H groups in total. The number of anilines is 1. The number of aliphatic hydroxyl groups is 1. The predicted molar refractivity (Wildman–Crippen MR) is 80.9 cm³/mol. The zero-order valence-corrected chi connectivity index (χ0v) is 13.0. The van der Waals surface area contributed by atoms with Gasteiger partial charge >= 0.3 is 0 Å². The van der Waals surface area contributed by atoms with Gasteiger partial charge in [-0.15, -0.1) is 0 Å². The first kappa shape index (κ1) is 14.7. The van der Waals surface area contributed by atoms with Crippen molar-refractivity contribution in [3.8, 4) is 0 Å². The van der Waals surface area contributed by atoms with E-state index in [2.05, 4.69) is 26.3 Å². The van der Waals surface area contributed by atoms with Crippen LogP contribution in [0.25, 0.3) is 0 Å². The third kappa shape index (κ3) is 3.86. The molecular formula is C12H12BrCl2N3O. The first-order valence-electron chi connectivity index (χ1n) is 5.61. The molecule has 0 saturated carbocycles. The maximum absolute atomic E-state index is 9.89. The van der Waals surface area contributed by atoms with E-state index in [9.17, 15) is 5.11 Å². The van der Waals surface area contributed by atoms with Crippen LogP contribution in [0.2, 0.25) is 10.0 Å². The van der Waals surface area contributed by atoms with Crippen LogP contribution in [-0.2, 0) is 6.54 Å². The number of hydrogen-bond donors (Lipinski definition) is 2. The quantitative estimate of drug-likeness (QED) is 0.799. The lowest BCUT2D eigenvalue weighted by atomic mass is 10.3. The Morgan fingerprint density at radius 1 is 1.37 bits per heavy atom. The van der Waals surface area contributed by atoms with Gasteiger partial charge in [-0.3, -0.25) is 4.68 Å². The van der Waals surface area contributed by atoms with Crippen LogP contribution in [0.3, 0.4) is 0 Å². The van der Waals surface area contributed by atoms with Crippen molar-refractivity contribution in [1.82, 2.24) is 9.78 Å². The van der Waals surface area contributed by atoms with E-state index >= 15 is 0 Å². The minimum Gasteiger partial charge on any atom is -0.389 e. The van der Waals surface area contributed by atoms with Crippen molar-refractivity contribution in [3.05, 3.63) is 45.1 Å². The summed E-state index contributed by atoms with van der Waals surface area (Å²) in [7, 11) is 0. The molecule has 0 bridgehead atoms. The average molecular weight is 365 g/mol. The molecular weight excluding hydrogens is 353 g/mol. The van der Waals surface area contributed by atoms with Gasteiger partial charge in [-0.05, 0) is 34.1 Å². The summed E-state index contributed by atoms with van der Waals surface area (Å²) in [5.74, 6) is 0. The minimum absolute atomic E-state index is 0.359. The van der Waals surface area contributed by atoms with E-state index in [0.29, 0.717) is 28.8 Å². The lowest BCUT2D eigenvalue weighted by molar-refractivity contribution is 0.161. The van der Waals surface area contributed by atoms with Crippen LogP contribution in [0.4, 0.5) is 5.69 Å². The number of halogens is 3. The minimum atomic E-state index is -0.571. The first-order chi connectivity index (χ1) is 9.08. The molecule has 0 saturated heterocycles. The van der Waals surface area contributed by atoms with Gasteiger partial charge in [0.15, 0.2) is 0 Å². The van der Waals surface area contributed by atoms with Crippen molar-refractivity contribution < 1.29 is 5.11 Å². The Morgan fingerprint density at radius 2 is 2.16 bits per heavy atom. The van der Waals surface area contributed by atoms with Gasteiger partial charge in [0.1, 0.15) is 0 Å². The van der Waals surface area contributed by atoms with Crippen molar-refractivity contribution >= 4 is 44.8 Å². The van der Waals surface area contributed by atoms with Gasteiger partial charge in [0.25, 0.3) is 0 Å². The Kier molecular flexibility index (Phi) is 5.10. The third-order valence-corrected chi connectivity index (χ3v) is 4.29. The van der Waals surface area contributed by atoms with Gasteiger partial charge < -0.3 is 10.4 Å². The zero-order chi connectivity index (χ0) is 13.8. The fraction of sp³-hybridized carbons (Fsp3) is 0.250. The molecule has 7 heteroatoms. The zero-order valence-electron chi connectivity index (χ0n) is 9.85.